The second-order valence-corrected chi connectivity index (χ2v) is 4.02. The highest BCUT2D eigenvalue weighted by Crippen LogP contribution is 2.26. The number of ether oxygens (including phenoxy) is 2. The van der Waals surface area contributed by atoms with Crippen molar-refractivity contribution in [3.05, 3.63) is 29.8 Å². The Hall–Kier alpha value is -2.50. The Kier molecular flexibility index (Phi) is 5.58. The molecule has 1 aromatic carbocycles. The van der Waals surface area contributed by atoms with Crippen molar-refractivity contribution < 1.29 is 24.2 Å². The van der Waals surface area contributed by atoms with E-state index >= 15 is 0 Å². The van der Waals surface area contributed by atoms with Crippen LogP contribution in [0.3, 0.4) is 0 Å². The number of hydrogen-bond acceptors (Lipinski definition) is 5. The van der Waals surface area contributed by atoms with Crippen LogP contribution in [0.2, 0.25) is 0 Å². The maximum absolute atomic E-state index is 11.6. The summed E-state index contributed by atoms with van der Waals surface area (Å²) in [7, 11) is 2.69. The molecule has 1 rings (SSSR count). The third-order valence-corrected chi connectivity index (χ3v) is 2.54. The largest absolute Gasteiger partial charge is 0.504 e. The lowest BCUT2D eigenvalue weighted by molar-refractivity contribution is -0.144. The average molecular weight is 279 g/mol. The molecule has 0 spiro atoms. The summed E-state index contributed by atoms with van der Waals surface area (Å²) >= 11 is 0. The number of carbonyl (C=O) groups excluding carboxylic acids is 2. The van der Waals surface area contributed by atoms with Gasteiger partial charge < -0.3 is 19.9 Å². The number of methoxy groups -OCH3 is 2. The highest BCUT2D eigenvalue weighted by Gasteiger charge is 2.13. The molecule has 0 heterocycles. The minimum absolute atomic E-state index is 0.0217. The zero-order chi connectivity index (χ0) is 15.1. The second kappa shape index (κ2) is 7.18. The lowest BCUT2D eigenvalue weighted by atomic mass is 10.2. The minimum atomic E-state index is -0.716. The molecule has 0 aliphatic carbocycles. The monoisotopic (exact) mass is 279 g/mol. The van der Waals surface area contributed by atoms with Crippen LogP contribution < -0.4 is 10.1 Å². The van der Waals surface area contributed by atoms with Crippen LogP contribution in [0.5, 0.6) is 11.5 Å². The van der Waals surface area contributed by atoms with Crippen LogP contribution in [0.15, 0.2) is 24.3 Å². The standard InChI is InChI=1S/C14H17NO5/c1-9(14(18)20-3)15-13(17)7-5-10-4-6-11(16)12(8-10)19-2/h4-9,16H,1-3H3,(H,15,17)/b7-5+. The molecule has 6 nitrogen and oxygen atoms in total. The molecule has 108 valence electrons. The average Bonchev–Trinajstić information content (AvgIpc) is 2.45. The number of phenolic OH excluding ortho intramolecular Hbond substituents is 1. The number of hydrogen-bond donors (Lipinski definition) is 2. The molecule has 2 N–H and O–H groups in total. The van der Waals surface area contributed by atoms with Gasteiger partial charge in [-0.2, -0.15) is 0 Å². The van der Waals surface area contributed by atoms with Gasteiger partial charge in [0.2, 0.25) is 5.91 Å². The van der Waals surface area contributed by atoms with E-state index in [-0.39, 0.29) is 5.75 Å². The van der Waals surface area contributed by atoms with Gasteiger partial charge >= 0.3 is 5.97 Å². The molecule has 1 amide bonds. The molecule has 0 saturated heterocycles. The van der Waals surface area contributed by atoms with Gasteiger partial charge in [-0.25, -0.2) is 4.79 Å². The summed E-state index contributed by atoms with van der Waals surface area (Å²) < 4.78 is 9.45. The van der Waals surface area contributed by atoms with E-state index in [1.54, 1.807) is 18.2 Å². The van der Waals surface area contributed by atoms with Crippen LogP contribution in [0.4, 0.5) is 0 Å². The quantitative estimate of drug-likeness (QED) is 0.622. The van der Waals surface area contributed by atoms with Gasteiger partial charge in [-0.1, -0.05) is 6.07 Å². The topological polar surface area (TPSA) is 84.9 Å². The molecular formula is C14H17NO5. The first kappa shape index (κ1) is 15.6. The molecule has 6 heteroatoms. The van der Waals surface area contributed by atoms with Crippen LogP contribution >= 0.6 is 0 Å². The van der Waals surface area contributed by atoms with E-state index in [0.29, 0.717) is 11.3 Å². The molecule has 1 atom stereocenters. The number of rotatable bonds is 5. The van der Waals surface area contributed by atoms with E-state index in [4.69, 9.17) is 4.74 Å². The molecular weight excluding hydrogens is 262 g/mol. The number of esters is 1. The second-order valence-electron chi connectivity index (χ2n) is 4.02. The number of phenols is 1. The Balaban J connectivity index is 2.68. The highest BCUT2D eigenvalue weighted by molar-refractivity contribution is 5.94. The molecule has 0 aromatic heterocycles. The first-order chi connectivity index (χ1) is 9.47. The maximum Gasteiger partial charge on any atom is 0.328 e. The van der Waals surface area contributed by atoms with Crippen molar-refractivity contribution in [2.24, 2.45) is 0 Å². The summed E-state index contributed by atoms with van der Waals surface area (Å²) in [5, 5.41) is 11.9. The van der Waals surface area contributed by atoms with Crippen molar-refractivity contribution in [1.29, 1.82) is 0 Å². The molecule has 0 bridgehead atoms. The van der Waals surface area contributed by atoms with Crippen LogP contribution in [-0.2, 0) is 14.3 Å². The van der Waals surface area contributed by atoms with Gasteiger partial charge in [0.25, 0.3) is 0 Å². The van der Waals surface area contributed by atoms with Crippen molar-refractivity contribution in [2.45, 2.75) is 13.0 Å². The van der Waals surface area contributed by atoms with Gasteiger partial charge in [-0.15, -0.1) is 0 Å². The summed E-state index contributed by atoms with van der Waals surface area (Å²) in [4.78, 5) is 22.7. The first-order valence-corrected chi connectivity index (χ1v) is 5.91. The Bertz CT molecular complexity index is 524. The fraction of sp³-hybridized carbons (Fsp3) is 0.286. The molecule has 0 saturated carbocycles. The van der Waals surface area contributed by atoms with Crippen molar-refractivity contribution >= 4 is 18.0 Å². The molecule has 0 aliphatic rings. The van der Waals surface area contributed by atoms with Gasteiger partial charge in [0.05, 0.1) is 14.2 Å². The van der Waals surface area contributed by atoms with Crippen LogP contribution in [0.1, 0.15) is 12.5 Å². The predicted molar refractivity (Wildman–Crippen MR) is 73.3 cm³/mol. The minimum Gasteiger partial charge on any atom is -0.504 e. The molecule has 1 unspecified atom stereocenters. The SMILES string of the molecule is COC(=O)C(C)NC(=O)/C=C/c1ccc(O)c(OC)c1. The van der Waals surface area contributed by atoms with E-state index in [1.165, 1.54) is 33.3 Å². The van der Waals surface area contributed by atoms with E-state index in [0.717, 1.165) is 0 Å². The maximum atomic E-state index is 11.6. The number of benzene rings is 1. The van der Waals surface area contributed by atoms with Crippen molar-refractivity contribution in [3.63, 3.8) is 0 Å². The Labute approximate surface area is 117 Å². The van der Waals surface area contributed by atoms with E-state index in [9.17, 15) is 14.7 Å². The molecule has 1 aromatic rings. The Morgan fingerprint density at radius 3 is 2.65 bits per heavy atom. The lowest BCUT2D eigenvalue weighted by Crippen LogP contribution is -2.38. The zero-order valence-electron chi connectivity index (χ0n) is 11.5. The number of nitrogens with one attached hydrogen (secondary N) is 1. The van der Waals surface area contributed by atoms with Gasteiger partial charge in [-0.3, -0.25) is 4.79 Å². The van der Waals surface area contributed by atoms with E-state index < -0.39 is 17.9 Å². The fourth-order valence-electron chi connectivity index (χ4n) is 1.47. The Morgan fingerprint density at radius 1 is 1.35 bits per heavy atom. The summed E-state index contributed by atoms with van der Waals surface area (Å²) in [5.41, 5.74) is 0.681. The van der Waals surface area contributed by atoms with Crippen LogP contribution in [0, 0.1) is 0 Å². The molecule has 20 heavy (non-hydrogen) atoms. The normalized spacial score (nSPS) is 11.9. The van der Waals surface area contributed by atoms with Gasteiger partial charge in [0.15, 0.2) is 11.5 Å². The van der Waals surface area contributed by atoms with Gasteiger partial charge in [0.1, 0.15) is 6.04 Å². The summed E-state index contributed by atoms with van der Waals surface area (Å²) in [6, 6.07) is 3.97. The predicted octanol–water partition coefficient (Wildman–Crippen LogP) is 1.09. The van der Waals surface area contributed by atoms with Crippen LogP contribution in [0.25, 0.3) is 6.08 Å². The third kappa shape index (κ3) is 4.31. The Morgan fingerprint density at radius 2 is 2.05 bits per heavy atom. The molecule has 0 aliphatic heterocycles. The van der Waals surface area contributed by atoms with Crippen LogP contribution in [-0.4, -0.2) is 37.2 Å². The van der Waals surface area contributed by atoms with Gasteiger partial charge in [-0.05, 0) is 30.7 Å². The molecule has 0 fully saturated rings. The third-order valence-electron chi connectivity index (χ3n) is 2.54. The van der Waals surface area contributed by atoms with Crippen molar-refractivity contribution in [2.75, 3.05) is 14.2 Å². The van der Waals surface area contributed by atoms with Crippen molar-refractivity contribution in [1.82, 2.24) is 5.32 Å². The highest BCUT2D eigenvalue weighted by atomic mass is 16.5. The fourth-order valence-corrected chi connectivity index (χ4v) is 1.47. The summed E-state index contributed by atoms with van der Waals surface area (Å²) in [6.45, 7) is 1.53. The smallest absolute Gasteiger partial charge is 0.328 e. The summed E-state index contributed by atoms with van der Waals surface area (Å²) in [6.07, 6.45) is 2.83. The van der Waals surface area contributed by atoms with E-state index in [2.05, 4.69) is 10.1 Å². The van der Waals surface area contributed by atoms with Crippen molar-refractivity contribution in [3.8, 4) is 11.5 Å². The number of amides is 1. The number of aromatic hydroxyl groups is 1. The summed E-state index contributed by atoms with van der Waals surface area (Å²) in [5.74, 6) is -0.600. The lowest BCUT2D eigenvalue weighted by Gasteiger charge is -2.09. The van der Waals surface area contributed by atoms with Gasteiger partial charge in [0, 0.05) is 6.08 Å². The van der Waals surface area contributed by atoms with E-state index in [1.807, 2.05) is 0 Å². The molecule has 0 radical (unpaired) electrons. The number of carbonyl (C=O) groups is 2. The zero-order valence-corrected chi connectivity index (χ0v) is 11.5. The first-order valence-electron chi connectivity index (χ1n) is 5.91.